The summed E-state index contributed by atoms with van der Waals surface area (Å²) in [5, 5.41) is 10.9. The van der Waals surface area contributed by atoms with Crippen molar-refractivity contribution in [3.05, 3.63) is 27.3 Å². The van der Waals surface area contributed by atoms with Gasteiger partial charge in [0.15, 0.2) is 10.6 Å². The molecule has 0 unspecified atom stereocenters. The van der Waals surface area contributed by atoms with E-state index in [0.29, 0.717) is 22.8 Å². The Labute approximate surface area is 96.5 Å². The number of rotatable bonds is 2. The predicted octanol–water partition coefficient (Wildman–Crippen LogP) is 0.721. The molecule has 0 aliphatic rings. The molecule has 6 nitrogen and oxygen atoms in total. The van der Waals surface area contributed by atoms with Crippen molar-refractivity contribution in [3.8, 4) is 11.5 Å². The fourth-order valence-corrected chi connectivity index (χ4v) is 1.69. The van der Waals surface area contributed by atoms with Crippen molar-refractivity contribution in [1.29, 1.82) is 0 Å². The Balaban J connectivity index is 2.63. The standard InChI is InChI=1S/C9H11N5OS/c1-3-14-8(10-11-9(14)16)6-4-5-7(15)13(2)12-6/h4-5H,3H2,1-2H3,(H,11,16). The third-order valence-electron chi connectivity index (χ3n) is 2.26. The van der Waals surface area contributed by atoms with Crippen LogP contribution in [0.2, 0.25) is 0 Å². The van der Waals surface area contributed by atoms with Crippen molar-refractivity contribution in [2.24, 2.45) is 7.05 Å². The molecule has 0 fully saturated rings. The van der Waals surface area contributed by atoms with Crippen LogP contribution < -0.4 is 5.56 Å². The summed E-state index contributed by atoms with van der Waals surface area (Å²) in [5.41, 5.74) is 0.470. The average molecular weight is 237 g/mol. The monoisotopic (exact) mass is 237 g/mol. The molecular weight excluding hydrogens is 226 g/mol. The zero-order chi connectivity index (χ0) is 11.7. The summed E-state index contributed by atoms with van der Waals surface area (Å²) in [6.07, 6.45) is 0. The van der Waals surface area contributed by atoms with Crippen molar-refractivity contribution < 1.29 is 0 Å². The molecule has 2 rings (SSSR count). The number of H-pyrrole nitrogens is 1. The molecule has 0 saturated carbocycles. The molecule has 0 saturated heterocycles. The number of aryl methyl sites for hydroxylation is 1. The molecule has 16 heavy (non-hydrogen) atoms. The maximum absolute atomic E-state index is 11.2. The van der Waals surface area contributed by atoms with Crippen molar-refractivity contribution in [3.63, 3.8) is 0 Å². The van der Waals surface area contributed by atoms with Crippen molar-refractivity contribution in [2.75, 3.05) is 0 Å². The lowest BCUT2D eigenvalue weighted by molar-refractivity contribution is 0.698. The van der Waals surface area contributed by atoms with E-state index in [1.807, 2.05) is 11.5 Å². The van der Waals surface area contributed by atoms with E-state index in [9.17, 15) is 4.79 Å². The lowest BCUT2D eigenvalue weighted by Gasteiger charge is -2.03. The molecule has 0 radical (unpaired) electrons. The average Bonchev–Trinajstić information content (AvgIpc) is 2.63. The fourth-order valence-electron chi connectivity index (χ4n) is 1.43. The SMILES string of the molecule is CCn1c(-c2ccc(=O)n(C)n2)n[nH]c1=S. The van der Waals surface area contributed by atoms with E-state index in [1.54, 1.807) is 13.1 Å². The van der Waals surface area contributed by atoms with Crippen LogP contribution in [0.5, 0.6) is 0 Å². The van der Waals surface area contributed by atoms with Gasteiger partial charge in [-0.15, -0.1) is 0 Å². The molecule has 0 aliphatic heterocycles. The van der Waals surface area contributed by atoms with Crippen LogP contribution in [0, 0.1) is 4.77 Å². The molecular formula is C9H11N5OS. The molecule has 84 valence electrons. The van der Waals surface area contributed by atoms with Crippen molar-refractivity contribution in [1.82, 2.24) is 24.5 Å². The molecule has 2 aromatic rings. The van der Waals surface area contributed by atoms with Gasteiger partial charge in [-0.1, -0.05) is 0 Å². The van der Waals surface area contributed by atoms with Crippen LogP contribution in [-0.4, -0.2) is 24.5 Å². The smallest absolute Gasteiger partial charge is 0.266 e. The third-order valence-corrected chi connectivity index (χ3v) is 2.58. The van der Waals surface area contributed by atoms with Crippen molar-refractivity contribution >= 4 is 12.2 Å². The number of aromatic nitrogens is 5. The minimum Gasteiger partial charge on any atom is -0.299 e. The summed E-state index contributed by atoms with van der Waals surface area (Å²) in [4.78, 5) is 11.2. The molecule has 0 amide bonds. The summed E-state index contributed by atoms with van der Waals surface area (Å²) < 4.78 is 3.64. The number of hydrogen-bond donors (Lipinski definition) is 1. The highest BCUT2D eigenvalue weighted by Gasteiger charge is 2.09. The highest BCUT2D eigenvalue weighted by molar-refractivity contribution is 7.71. The number of nitrogens with one attached hydrogen (secondary N) is 1. The number of aromatic amines is 1. The van der Waals surface area contributed by atoms with E-state index in [1.165, 1.54) is 10.7 Å². The maximum Gasteiger partial charge on any atom is 0.266 e. The summed E-state index contributed by atoms with van der Waals surface area (Å²) in [6.45, 7) is 2.67. The molecule has 7 heteroatoms. The van der Waals surface area contributed by atoms with Crippen LogP contribution in [-0.2, 0) is 13.6 Å². The fraction of sp³-hybridized carbons (Fsp3) is 0.333. The Bertz CT molecular complexity index is 623. The van der Waals surface area contributed by atoms with E-state index in [4.69, 9.17) is 12.2 Å². The highest BCUT2D eigenvalue weighted by atomic mass is 32.1. The minimum absolute atomic E-state index is 0.152. The quantitative estimate of drug-likeness (QED) is 0.781. The van der Waals surface area contributed by atoms with Gasteiger partial charge in [0, 0.05) is 19.7 Å². The second-order valence-electron chi connectivity index (χ2n) is 3.28. The number of hydrogen-bond acceptors (Lipinski definition) is 4. The maximum atomic E-state index is 11.2. The van der Waals surface area contributed by atoms with Gasteiger partial charge in [0.05, 0.1) is 0 Å². The van der Waals surface area contributed by atoms with Gasteiger partial charge in [0.25, 0.3) is 5.56 Å². The Morgan fingerprint density at radius 2 is 2.25 bits per heavy atom. The topological polar surface area (TPSA) is 68.5 Å². The first-order valence-electron chi connectivity index (χ1n) is 4.83. The molecule has 0 spiro atoms. The Hall–Kier alpha value is -1.76. The molecule has 1 N–H and O–H groups in total. The second kappa shape index (κ2) is 4.01. The van der Waals surface area contributed by atoms with Gasteiger partial charge in [-0.05, 0) is 25.2 Å². The summed E-state index contributed by atoms with van der Waals surface area (Å²) >= 11 is 5.08. The van der Waals surface area contributed by atoms with Gasteiger partial charge in [-0.2, -0.15) is 10.2 Å². The van der Waals surface area contributed by atoms with E-state index >= 15 is 0 Å². The Kier molecular flexibility index (Phi) is 2.69. The van der Waals surface area contributed by atoms with Gasteiger partial charge in [0.1, 0.15) is 5.69 Å². The molecule has 2 aromatic heterocycles. The van der Waals surface area contributed by atoms with Crippen LogP contribution in [0.15, 0.2) is 16.9 Å². The molecule has 0 atom stereocenters. The first-order valence-corrected chi connectivity index (χ1v) is 5.24. The van der Waals surface area contributed by atoms with Crippen LogP contribution >= 0.6 is 12.2 Å². The second-order valence-corrected chi connectivity index (χ2v) is 3.66. The van der Waals surface area contributed by atoms with E-state index in [0.717, 1.165) is 0 Å². The van der Waals surface area contributed by atoms with Crippen LogP contribution in [0.1, 0.15) is 6.92 Å². The summed E-state index contributed by atoms with van der Waals surface area (Å²) in [6, 6.07) is 3.10. The first kappa shape index (κ1) is 10.7. The van der Waals surface area contributed by atoms with Crippen LogP contribution in [0.3, 0.4) is 0 Å². The zero-order valence-electron chi connectivity index (χ0n) is 8.97. The molecule has 2 heterocycles. The highest BCUT2D eigenvalue weighted by Crippen LogP contribution is 2.12. The molecule has 0 bridgehead atoms. The third kappa shape index (κ3) is 1.69. The lowest BCUT2D eigenvalue weighted by atomic mass is 10.3. The van der Waals surface area contributed by atoms with Crippen LogP contribution in [0.25, 0.3) is 11.5 Å². The normalized spacial score (nSPS) is 10.6. The summed E-state index contributed by atoms with van der Waals surface area (Å²) in [7, 11) is 1.60. The van der Waals surface area contributed by atoms with Gasteiger partial charge < -0.3 is 0 Å². The summed E-state index contributed by atoms with van der Waals surface area (Å²) in [5.74, 6) is 0.642. The molecule has 0 aliphatic carbocycles. The van der Waals surface area contributed by atoms with Crippen molar-refractivity contribution in [2.45, 2.75) is 13.5 Å². The Morgan fingerprint density at radius 3 is 2.88 bits per heavy atom. The van der Waals surface area contributed by atoms with E-state index < -0.39 is 0 Å². The first-order chi connectivity index (χ1) is 7.63. The van der Waals surface area contributed by atoms with Crippen LogP contribution in [0.4, 0.5) is 0 Å². The Morgan fingerprint density at radius 1 is 1.50 bits per heavy atom. The minimum atomic E-state index is -0.152. The van der Waals surface area contributed by atoms with Gasteiger partial charge in [0.2, 0.25) is 0 Å². The van der Waals surface area contributed by atoms with Gasteiger partial charge in [-0.25, -0.2) is 4.68 Å². The lowest BCUT2D eigenvalue weighted by Crippen LogP contribution is -2.18. The number of nitrogens with zero attached hydrogens (tertiary/aromatic N) is 4. The zero-order valence-corrected chi connectivity index (χ0v) is 9.78. The van der Waals surface area contributed by atoms with Gasteiger partial charge >= 0.3 is 0 Å². The predicted molar refractivity (Wildman–Crippen MR) is 61.6 cm³/mol. The molecule has 0 aromatic carbocycles. The van der Waals surface area contributed by atoms with E-state index in [-0.39, 0.29) is 5.56 Å². The largest absolute Gasteiger partial charge is 0.299 e. The van der Waals surface area contributed by atoms with E-state index in [2.05, 4.69) is 15.3 Å². The van der Waals surface area contributed by atoms with Gasteiger partial charge in [-0.3, -0.25) is 14.5 Å².